The minimum atomic E-state index is -0.716. The molecule has 0 radical (unpaired) electrons. The van der Waals surface area contributed by atoms with E-state index in [2.05, 4.69) is 32.6 Å². The molecule has 2 aromatic carbocycles. The van der Waals surface area contributed by atoms with Gasteiger partial charge in [0.15, 0.2) is 23.5 Å². The number of fused-ring (bicyclic) bond motifs is 1. The number of H-pyrrole nitrogens is 1. The first kappa shape index (κ1) is 23.5. The number of rotatable bonds is 7. The van der Waals surface area contributed by atoms with Gasteiger partial charge in [-0.1, -0.05) is 35.9 Å². The lowest BCUT2D eigenvalue weighted by Gasteiger charge is -2.09. The predicted octanol–water partition coefficient (Wildman–Crippen LogP) is 5.76. The van der Waals surface area contributed by atoms with E-state index in [9.17, 15) is 9.18 Å². The fourth-order valence-electron chi connectivity index (χ4n) is 3.41. The van der Waals surface area contributed by atoms with Gasteiger partial charge in [0.2, 0.25) is 5.88 Å². The molecule has 0 unspecified atom stereocenters. The maximum Gasteiger partial charge on any atom is 0.242 e. The van der Waals surface area contributed by atoms with Gasteiger partial charge in [-0.25, -0.2) is 9.37 Å². The second-order valence-corrected chi connectivity index (χ2v) is 8.21. The summed E-state index contributed by atoms with van der Waals surface area (Å²) in [5, 5.41) is 10.7. The maximum atomic E-state index is 14.0. The third-order valence-electron chi connectivity index (χ3n) is 5.50. The molecule has 34 heavy (non-hydrogen) atoms. The Morgan fingerprint density at radius 3 is 2.65 bits per heavy atom. The number of nitrogens with zero attached hydrogens (tertiary/aromatic N) is 2. The number of benzene rings is 2. The summed E-state index contributed by atoms with van der Waals surface area (Å²) in [5.74, 6) is 0.600. The topological polar surface area (TPSA) is 89.1 Å². The molecule has 0 amide bonds. The van der Waals surface area contributed by atoms with Crippen molar-refractivity contribution in [3.8, 4) is 11.6 Å². The summed E-state index contributed by atoms with van der Waals surface area (Å²) in [6, 6.07) is 13.0. The van der Waals surface area contributed by atoms with Crippen LogP contribution in [0.5, 0.6) is 11.6 Å². The molecule has 4 aromatic rings. The smallest absolute Gasteiger partial charge is 0.242 e. The summed E-state index contributed by atoms with van der Waals surface area (Å²) in [6.07, 6.45) is 4.66. The van der Waals surface area contributed by atoms with Crippen LogP contribution in [0.15, 0.2) is 48.7 Å². The number of methoxy groups -OCH3 is 1. The van der Waals surface area contributed by atoms with Gasteiger partial charge in [0, 0.05) is 7.05 Å². The Hall–Kier alpha value is -3.65. The summed E-state index contributed by atoms with van der Waals surface area (Å²) in [5.41, 5.74) is 3.81. The largest absolute Gasteiger partial charge is 0.486 e. The van der Waals surface area contributed by atoms with E-state index in [0.29, 0.717) is 18.1 Å². The number of carbonyl (C=O) groups excluding carboxylic acids is 1. The number of pyridine rings is 1. The highest BCUT2D eigenvalue weighted by atomic mass is 35.5. The van der Waals surface area contributed by atoms with Crippen molar-refractivity contribution in [3.05, 3.63) is 76.2 Å². The van der Waals surface area contributed by atoms with Gasteiger partial charge >= 0.3 is 0 Å². The fraction of sp³-hybridized carbons (Fsp3) is 0.240. The van der Waals surface area contributed by atoms with Crippen LogP contribution in [-0.2, 0) is 6.61 Å². The van der Waals surface area contributed by atoms with E-state index in [1.807, 2.05) is 25.2 Å². The van der Waals surface area contributed by atoms with Gasteiger partial charge in [0.25, 0.3) is 0 Å². The molecule has 2 aromatic heterocycles. The lowest BCUT2D eigenvalue weighted by atomic mass is 10.1. The Morgan fingerprint density at radius 2 is 2.00 bits per heavy atom. The lowest BCUT2D eigenvalue weighted by molar-refractivity contribution is 0.111. The third kappa shape index (κ3) is 5.28. The van der Waals surface area contributed by atoms with E-state index in [0.717, 1.165) is 22.3 Å². The van der Waals surface area contributed by atoms with Gasteiger partial charge in [-0.3, -0.25) is 9.89 Å². The van der Waals surface area contributed by atoms with Gasteiger partial charge in [0.05, 0.1) is 35.0 Å². The quantitative estimate of drug-likeness (QED) is 0.326. The Labute approximate surface area is 201 Å². The van der Waals surface area contributed by atoms with Crippen molar-refractivity contribution in [3.63, 3.8) is 0 Å². The zero-order valence-electron chi connectivity index (χ0n) is 18.8. The molecule has 0 saturated heterocycles. The molecule has 1 fully saturated rings. The number of aromatic amines is 1. The van der Waals surface area contributed by atoms with Crippen molar-refractivity contribution in [2.75, 3.05) is 19.5 Å². The van der Waals surface area contributed by atoms with Crippen molar-refractivity contribution in [1.29, 1.82) is 0 Å². The third-order valence-corrected chi connectivity index (χ3v) is 5.82. The number of halogens is 2. The highest BCUT2D eigenvalue weighted by Crippen LogP contribution is 2.40. The molecule has 0 bridgehead atoms. The zero-order chi connectivity index (χ0) is 24.1. The van der Waals surface area contributed by atoms with E-state index in [-0.39, 0.29) is 22.9 Å². The normalized spacial score (nSPS) is 12.6. The Balaban J connectivity index is 0.000000180. The molecule has 0 atom stereocenters. The first-order valence-corrected chi connectivity index (χ1v) is 11.1. The number of hydrogen-bond acceptors (Lipinski definition) is 6. The van der Waals surface area contributed by atoms with Crippen molar-refractivity contribution >= 4 is 34.6 Å². The maximum absolute atomic E-state index is 14.0. The van der Waals surface area contributed by atoms with Crippen molar-refractivity contribution in [1.82, 2.24) is 15.2 Å². The summed E-state index contributed by atoms with van der Waals surface area (Å²) in [4.78, 5) is 15.0. The van der Waals surface area contributed by atoms with Crippen LogP contribution in [0, 0.1) is 5.82 Å². The van der Waals surface area contributed by atoms with Gasteiger partial charge in [0.1, 0.15) is 6.61 Å². The highest BCUT2D eigenvalue weighted by molar-refractivity contribution is 6.33. The minimum absolute atomic E-state index is 0.0350. The Bertz CT molecular complexity index is 1290. The van der Waals surface area contributed by atoms with Gasteiger partial charge < -0.3 is 14.8 Å². The zero-order valence-corrected chi connectivity index (χ0v) is 19.5. The fourth-order valence-corrected chi connectivity index (χ4v) is 3.60. The molecule has 5 rings (SSSR count). The van der Waals surface area contributed by atoms with Crippen LogP contribution < -0.4 is 14.8 Å². The van der Waals surface area contributed by atoms with Crippen LogP contribution in [-0.4, -0.2) is 35.6 Å². The average molecular weight is 483 g/mol. The van der Waals surface area contributed by atoms with E-state index in [4.69, 9.17) is 21.1 Å². The van der Waals surface area contributed by atoms with Crippen LogP contribution in [0.25, 0.3) is 11.0 Å². The number of anilines is 1. The molecule has 1 aliphatic rings. The van der Waals surface area contributed by atoms with Crippen LogP contribution in [0.4, 0.5) is 10.1 Å². The molecular formula is C25H24ClFN4O3. The molecule has 2 N–H and O–H groups in total. The van der Waals surface area contributed by atoms with E-state index in [1.165, 1.54) is 30.5 Å². The summed E-state index contributed by atoms with van der Waals surface area (Å²) < 4.78 is 24.5. The minimum Gasteiger partial charge on any atom is -0.486 e. The van der Waals surface area contributed by atoms with Gasteiger partial charge in [-0.2, -0.15) is 0 Å². The number of hydrogen-bond donors (Lipinski definition) is 2. The molecule has 1 saturated carbocycles. The molecule has 7 nitrogen and oxygen atoms in total. The van der Waals surface area contributed by atoms with Crippen LogP contribution >= 0.6 is 11.6 Å². The summed E-state index contributed by atoms with van der Waals surface area (Å²) in [7, 11) is 3.43. The first-order valence-electron chi connectivity index (χ1n) is 10.7. The van der Waals surface area contributed by atoms with E-state index in [1.54, 1.807) is 13.3 Å². The Morgan fingerprint density at radius 1 is 1.24 bits per heavy atom. The van der Waals surface area contributed by atoms with Crippen LogP contribution in [0.3, 0.4) is 0 Å². The molecule has 0 aliphatic heterocycles. The molecule has 176 valence electrons. The monoisotopic (exact) mass is 482 g/mol. The number of aldehydes is 1. The number of aromatic nitrogens is 3. The van der Waals surface area contributed by atoms with Crippen molar-refractivity contribution < 1.29 is 18.7 Å². The molecular weight excluding hydrogens is 459 g/mol. The van der Waals surface area contributed by atoms with Gasteiger partial charge in [-0.15, -0.1) is 5.10 Å². The number of ether oxygens (including phenoxy) is 2. The van der Waals surface area contributed by atoms with E-state index < -0.39 is 5.82 Å². The molecule has 0 spiro atoms. The molecule has 2 heterocycles. The van der Waals surface area contributed by atoms with Crippen LogP contribution in [0.1, 0.15) is 40.2 Å². The second kappa shape index (κ2) is 10.5. The van der Waals surface area contributed by atoms with Crippen molar-refractivity contribution in [2.45, 2.75) is 25.4 Å². The first-order chi connectivity index (χ1) is 16.5. The standard InChI is InChI=1S/C17H14ClFO2.C8H10N4O/c18-15-7-8-16(17(19)14(15)9-20)21-10-11-1-3-12(4-2-11)13-5-6-13;1-9-5-3-6-7(10-4-5)11-12-8(6)13-2/h1-4,7-9,13H,5-6,10H2;3-4,9H,1-2H3,(H,10,11,12). The summed E-state index contributed by atoms with van der Waals surface area (Å²) in [6.45, 7) is 0.252. The Kier molecular flexibility index (Phi) is 7.27. The van der Waals surface area contributed by atoms with Crippen LogP contribution in [0.2, 0.25) is 5.02 Å². The SMILES string of the molecule is CNc1cnc2[nH]nc(OC)c2c1.O=Cc1c(Cl)ccc(OCc2ccc(C3CC3)cc2)c1F. The van der Waals surface area contributed by atoms with Crippen molar-refractivity contribution in [2.24, 2.45) is 0 Å². The average Bonchev–Trinajstić information content (AvgIpc) is 3.64. The van der Waals surface area contributed by atoms with E-state index >= 15 is 0 Å². The number of carbonyl (C=O) groups is 1. The summed E-state index contributed by atoms with van der Waals surface area (Å²) >= 11 is 5.74. The number of nitrogens with one attached hydrogen (secondary N) is 2. The predicted molar refractivity (Wildman–Crippen MR) is 130 cm³/mol. The lowest BCUT2D eigenvalue weighted by Crippen LogP contribution is -2.00. The second-order valence-electron chi connectivity index (χ2n) is 7.80. The van der Waals surface area contributed by atoms with Gasteiger partial charge in [-0.05, 0) is 48.1 Å². The molecule has 9 heteroatoms. The molecule has 1 aliphatic carbocycles. The highest BCUT2D eigenvalue weighted by Gasteiger charge is 2.23.